The summed E-state index contributed by atoms with van der Waals surface area (Å²) in [5, 5.41) is 6.31. The van der Waals surface area contributed by atoms with Crippen LogP contribution in [-0.2, 0) is 4.79 Å². The van der Waals surface area contributed by atoms with Crippen molar-refractivity contribution >= 4 is 11.6 Å². The lowest BCUT2D eigenvalue weighted by atomic mass is 9.97. The first-order valence-electron chi connectivity index (χ1n) is 7.31. The van der Waals surface area contributed by atoms with Crippen LogP contribution < -0.4 is 15.4 Å². The second-order valence-electron chi connectivity index (χ2n) is 5.62. The number of piperidine rings is 1. The van der Waals surface area contributed by atoms with Gasteiger partial charge in [-0.3, -0.25) is 4.79 Å². The van der Waals surface area contributed by atoms with E-state index in [2.05, 4.69) is 24.5 Å². The van der Waals surface area contributed by atoms with E-state index in [4.69, 9.17) is 4.74 Å². The molecule has 0 unspecified atom stereocenters. The molecule has 4 nitrogen and oxygen atoms in total. The topological polar surface area (TPSA) is 50.4 Å². The summed E-state index contributed by atoms with van der Waals surface area (Å²) in [5.74, 6) is 1.49. The second-order valence-corrected chi connectivity index (χ2v) is 5.62. The Morgan fingerprint density at radius 3 is 2.65 bits per heavy atom. The number of hydrogen-bond acceptors (Lipinski definition) is 3. The molecule has 1 fully saturated rings. The minimum absolute atomic E-state index is 0.126. The van der Waals surface area contributed by atoms with Crippen molar-refractivity contribution in [2.24, 2.45) is 5.92 Å². The monoisotopic (exact) mass is 276 g/mol. The molecule has 0 bridgehead atoms. The van der Waals surface area contributed by atoms with Gasteiger partial charge in [-0.25, -0.2) is 0 Å². The number of rotatable bonds is 4. The maximum absolute atomic E-state index is 12.2. The van der Waals surface area contributed by atoms with Crippen LogP contribution in [0.15, 0.2) is 18.2 Å². The van der Waals surface area contributed by atoms with Crippen molar-refractivity contribution in [3.8, 4) is 5.75 Å². The van der Waals surface area contributed by atoms with Gasteiger partial charge in [0.25, 0.3) is 0 Å². The Bertz CT molecular complexity index is 466. The van der Waals surface area contributed by atoms with E-state index in [0.717, 1.165) is 42.9 Å². The molecule has 2 N–H and O–H groups in total. The van der Waals surface area contributed by atoms with Gasteiger partial charge in [0.05, 0.1) is 7.11 Å². The average Bonchev–Trinajstić information content (AvgIpc) is 2.48. The van der Waals surface area contributed by atoms with E-state index in [1.165, 1.54) is 0 Å². The minimum Gasteiger partial charge on any atom is -0.496 e. The summed E-state index contributed by atoms with van der Waals surface area (Å²) in [6, 6.07) is 5.85. The first-order valence-corrected chi connectivity index (χ1v) is 7.31. The van der Waals surface area contributed by atoms with Crippen molar-refractivity contribution in [2.75, 3.05) is 25.5 Å². The third kappa shape index (κ3) is 3.51. The van der Waals surface area contributed by atoms with Gasteiger partial charge in [-0.05, 0) is 55.6 Å². The summed E-state index contributed by atoms with van der Waals surface area (Å²) < 4.78 is 5.36. The van der Waals surface area contributed by atoms with E-state index in [0.29, 0.717) is 5.92 Å². The zero-order valence-corrected chi connectivity index (χ0v) is 12.5. The molecule has 1 aliphatic heterocycles. The lowest BCUT2D eigenvalue weighted by molar-refractivity contribution is -0.120. The molecular weight excluding hydrogens is 252 g/mol. The van der Waals surface area contributed by atoms with Crippen molar-refractivity contribution in [2.45, 2.75) is 32.6 Å². The highest BCUT2D eigenvalue weighted by Crippen LogP contribution is 2.29. The molecule has 2 rings (SSSR count). The van der Waals surface area contributed by atoms with Crippen LogP contribution in [0.1, 0.15) is 38.2 Å². The Kier molecular flexibility index (Phi) is 5.01. The molecule has 20 heavy (non-hydrogen) atoms. The van der Waals surface area contributed by atoms with Gasteiger partial charge in [0.2, 0.25) is 5.91 Å². The van der Waals surface area contributed by atoms with Crippen LogP contribution in [0.5, 0.6) is 5.75 Å². The highest BCUT2D eigenvalue weighted by Gasteiger charge is 2.21. The van der Waals surface area contributed by atoms with Crippen LogP contribution in [0.4, 0.5) is 5.69 Å². The number of nitrogens with one attached hydrogen (secondary N) is 2. The zero-order valence-electron chi connectivity index (χ0n) is 12.5. The lowest BCUT2D eigenvalue weighted by Crippen LogP contribution is -2.34. The fourth-order valence-electron chi connectivity index (χ4n) is 2.59. The molecule has 1 heterocycles. The second kappa shape index (κ2) is 6.75. The summed E-state index contributed by atoms with van der Waals surface area (Å²) in [6.45, 7) is 6.10. The highest BCUT2D eigenvalue weighted by atomic mass is 16.5. The molecule has 1 amide bonds. The molecule has 0 spiro atoms. The Balaban J connectivity index is 2.08. The Morgan fingerprint density at radius 2 is 2.05 bits per heavy atom. The number of methoxy groups -OCH3 is 1. The molecule has 0 radical (unpaired) electrons. The smallest absolute Gasteiger partial charge is 0.227 e. The number of carbonyl (C=O) groups excluding carboxylic acids is 1. The van der Waals surface area contributed by atoms with Gasteiger partial charge < -0.3 is 15.4 Å². The molecule has 1 aromatic carbocycles. The van der Waals surface area contributed by atoms with Crippen LogP contribution in [0.25, 0.3) is 0 Å². The van der Waals surface area contributed by atoms with E-state index in [9.17, 15) is 4.79 Å². The number of carbonyl (C=O) groups is 1. The van der Waals surface area contributed by atoms with Gasteiger partial charge in [0.1, 0.15) is 5.75 Å². The summed E-state index contributed by atoms with van der Waals surface area (Å²) in [6.07, 6.45) is 1.83. The van der Waals surface area contributed by atoms with Gasteiger partial charge in [-0.2, -0.15) is 0 Å². The SMILES string of the molecule is COc1ccc(NC(=O)C2CCNCC2)cc1C(C)C. The third-order valence-electron chi connectivity index (χ3n) is 3.83. The van der Waals surface area contributed by atoms with Crippen molar-refractivity contribution < 1.29 is 9.53 Å². The van der Waals surface area contributed by atoms with E-state index in [1.807, 2.05) is 18.2 Å². The number of ether oxygens (including phenoxy) is 1. The van der Waals surface area contributed by atoms with E-state index >= 15 is 0 Å². The van der Waals surface area contributed by atoms with Crippen molar-refractivity contribution in [1.29, 1.82) is 0 Å². The quantitative estimate of drug-likeness (QED) is 0.889. The van der Waals surface area contributed by atoms with Crippen LogP contribution >= 0.6 is 0 Å². The van der Waals surface area contributed by atoms with Crippen LogP contribution in [0, 0.1) is 5.92 Å². The normalized spacial score (nSPS) is 16.2. The van der Waals surface area contributed by atoms with Gasteiger partial charge >= 0.3 is 0 Å². The first-order chi connectivity index (χ1) is 9.61. The van der Waals surface area contributed by atoms with Crippen LogP contribution in [0.3, 0.4) is 0 Å². The highest BCUT2D eigenvalue weighted by molar-refractivity contribution is 5.92. The number of hydrogen-bond donors (Lipinski definition) is 2. The predicted octanol–water partition coefficient (Wildman–Crippen LogP) is 2.76. The fourth-order valence-corrected chi connectivity index (χ4v) is 2.59. The largest absolute Gasteiger partial charge is 0.496 e. The Hall–Kier alpha value is -1.55. The Labute approximate surface area is 120 Å². The summed E-state index contributed by atoms with van der Waals surface area (Å²) in [4.78, 5) is 12.2. The van der Waals surface area contributed by atoms with Crippen molar-refractivity contribution in [1.82, 2.24) is 5.32 Å². The predicted molar refractivity (Wildman–Crippen MR) is 81.3 cm³/mol. The zero-order chi connectivity index (χ0) is 14.5. The fraction of sp³-hybridized carbons (Fsp3) is 0.562. The third-order valence-corrected chi connectivity index (χ3v) is 3.83. The van der Waals surface area contributed by atoms with Gasteiger partial charge in [0.15, 0.2) is 0 Å². The summed E-state index contributed by atoms with van der Waals surface area (Å²) in [7, 11) is 1.68. The standard InChI is InChI=1S/C16H24N2O2/c1-11(2)14-10-13(4-5-15(14)20-3)18-16(19)12-6-8-17-9-7-12/h4-5,10-12,17H,6-9H2,1-3H3,(H,18,19). The van der Waals surface area contributed by atoms with Crippen LogP contribution in [-0.4, -0.2) is 26.1 Å². The molecule has 0 atom stereocenters. The van der Waals surface area contributed by atoms with E-state index in [1.54, 1.807) is 7.11 Å². The van der Waals surface area contributed by atoms with E-state index in [-0.39, 0.29) is 11.8 Å². The van der Waals surface area contributed by atoms with Crippen molar-refractivity contribution in [3.05, 3.63) is 23.8 Å². The van der Waals surface area contributed by atoms with E-state index < -0.39 is 0 Å². The number of anilines is 1. The summed E-state index contributed by atoms with van der Waals surface area (Å²) >= 11 is 0. The molecule has 4 heteroatoms. The maximum Gasteiger partial charge on any atom is 0.227 e. The molecule has 1 saturated heterocycles. The molecular formula is C16H24N2O2. The number of benzene rings is 1. The Morgan fingerprint density at radius 1 is 1.35 bits per heavy atom. The minimum atomic E-state index is 0.126. The molecule has 0 aromatic heterocycles. The average molecular weight is 276 g/mol. The van der Waals surface area contributed by atoms with Crippen molar-refractivity contribution in [3.63, 3.8) is 0 Å². The maximum atomic E-state index is 12.2. The van der Waals surface area contributed by atoms with Gasteiger partial charge in [-0.15, -0.1) is 0 Å². The van der Waals surface area contributed by atoms with Gasteiger partial charge in [-0.1, -0.05) is 13.8 Å². The van der Waals surface area contributed by atoms with Gasteiger partial charge in [0, 0.05) is 11.6 Å². The summed E-state index contributed by atoms with van der Waals surface area (Å²) in [5.41, 5.74) is 1.98. The molecule has 0 aliphatic carbocycles. The molecule has 0 saturated carbocycles. The first kappa shape index (κ1) is 14.9. The molecule has 1 aliphatic rings. The molecule has 110 valence electrons. The molecule has 1 aromatic rings. The van der Waals surface area contributed by atoms with Crippen LogP contribution in [0.2, 0.25) is 0 Å². The number of amides is 1. The lowest BCUT2D eigenvalue weighted by Gasteiger charge is -2.22.